The Bertz CT molecular complexity index is 675. The van der Waals surface area contributed by atoms with Crippen molar-refractivity contribution in [2.45, 2.75) is 0 Å². The van der Waals surface area contributed by atoms with Crippen LogP contribution in [0.1, 0.15) is 5.56 Å². The Labute approximate surface area is 122 Å². The van der Waals surface area contributed by atoms with E-state index in [4.69, 9.17) is 10.00 Å². The number of ether oxygens (including phenoxy) is 1. The highest BCUT2D eigenvalue weighted by Crippen LogP contribution is 2.29. The highest BCUT2D eigenvalue weighted by molar-refractivity contribution is 9.10. The van der Waals surface area contributed by atoms with Gasteiger partial charge in [-0.25, -0.2) is 8.78 Å². The second-order valence-electron chi connectivity index (χ2n) is 3.93. The minimum atomic E-state index is -0.833. The molecule has 0 radical (unpaired) electrons. The predicted octanol–water partition coefficient (Wildman–Crippen LogP) is 4.35. The van der Waals surface area contributed by atoms with Crippen LogP contribution in [-0.4, -0.2) is 7.11 Å². The first-order valence-electron chi connectivity index (χ1n) is 5.54. The molecule has 0 spiro atoms. The second kappa shape index (κ2) is 5.88. The van der Waals surface area contributed by atoms with Crippen LogP contribution in [0.15, 0.2) is 34.8 Å². The van der Waals surface area contributed by atoms with E-state index in [0.717, 1.165) is 12.1 Å². The molecule has 0 saturated carbocycles. The predicted molar refractivity (Wildman–Crippen MR) is 75.0 cm³/mol. The number of nitrogens with one attached hydrogen (secondary N) is 1. The maximum absolute atomic E-state index is 13.8. The standard InChI is InChI=1S/C14H9BrF2N2O/c1-20-11-5-9(15)4-10(6-11)19-14-12(16)2-8(7-18)3-13(14)17/h2-6,19H,1H3. The van der Waals surface area contributed by atoms with Gasteiger partial charge < -0.3 is 10.1 Å². The maximum Gasteiger partial charge on any atom is 0.150 e. The van der Waals surface area contributed by atoms with Crippen molar-refractivity contribution < 1.29 is 13.5 Å². The molecule has 0 aromatic heterocycles. The van der Waals surface area contributed by atoms with Crippen LogP contribution in [0.5, 0.6) is 5.75 Å². The SMILES string of the molecule is COc1cc(Br)cc(Nc2c(F)cc(C#N)cc2F)c1. The average Bonchev–Trinajstić information content (AvgIpc) is 2.41. The van der Waals surface area contributed by atoms with Crippen LogP contribution in [0.2, 0.25) is 0 Å². The molecule has 2 aromatic rings. The van der Waals surface area contributed by atoms with E-state index in [-0.39, 0.29) is 11.3 Å². The zero-order chi connectivity index (χ0) is 14.7. The van der Waals surface area contributed by atoms with Gasteiger partial charge in [0.2, 0.25) is 0 Å². The normalized spacial score (nSPS) is 9.95. The number of benzene rings is 2. The van der Waals surface area contributed by atoms with Gasteiger partial charge in [0.1, 0.15) is 11.4 Å². The largest absolute Gasteiger partial charge is 0.497 e. The van der Waals surface area contributed by atoms with Gasteiger partial charge >= 0.3 is 0 Å². The summed E-state index contributed by atoms with van der Waals surface area (Å²) in [7, 11) is 1.49. The molecule has 0 heterocycles. The highest BCUT2D eigenvalue weighted by atomic mass is 79.9. The first-order valence-corrected chi connectivity index (χ1v) is 6.33. The molecule has 2 aromatic carbocycles. The van der Waals surface area contributed by atoms with Gasteiger partial charge in [0.05, 0.1) is 18.7 Å². The molecule has 0 fully saturated rings. The Kier molecular flexibility index (Phi) is 4.20. The van der Waals surface area contributed by atoms with Gasteiger partial charge in [-0.05, 0) is 24.3 Å². The number of nitriles is 1. The smallest absolute Gasteiger partial charge is 0.150 e. The van der Waals surface area contributed by atoms with Crippen molar-refractivity contribution in [2.24, 2.45) is 0 Å². The van der Waals surface area contributed by atoms with E-state index in [0.29, 0.717) is 15.9 Å². The minimum Gasteiger partial charge on any atom is -0.497 e. The van der Waals surface area contributed by atoms with Gasteiger partial charge in [0, 0.05) is 16.2 Å². The third-order valence-corrected chi connectivity index (χ3v) is 3.01. The van der Waals surface area contributed by atoms with Crippen molar-refractivity contribution in [2.75, 3.05) is 12.4 Å². The Morgan fingerprint density at radius 3 is 2.35 bits per heavy atom. The zero-order valence-corrected chi connectivity index (χ0v) is 12.0. The van der Waals surface area contributed by atoms with Gasteiger partial charge in [0.15, 0.2) is 11.6 Å². The molecule has 6 heteroatoms. The summed E-state index contributed by atoms with van der Waals surface area (Å²) in [5.41, 5.74) is 0.0697. The van der Waals surface area contributed by atoms with Crippen LogP contribution < -0.4 is 10.1 Å². The lowest BCUT2D eigenvalue weighted by Crippen LogP contribution is -1.99. The Morgan fingerprint density at radius 1 is 1.15 bits per heavy atom. The Hall–Kier alpha value is -2.13. The zero-order valence-electron chi connectivity index (χ0n) is 10.4. The minimum absolute atomic E-state index is 0.0719. The van der Waals surface area contributed by atoms with E-state index in [1.54, 1.807) is 24.3 Å². The topological polar surface area (TPSA) is 45.0 Å². The van der Waals surface area contributed by atoms with Crippen molar-refractivity contribution in [3.63, 3.8) is 0 Å². The lowest BCUT2D eigenvalue weighted by Gasteiger charge is -2.11. The number of nitrogens with zero attached hydrogens (tertiary/aromatic N) is 1. The van der Waals surface area contributed by atoms with Crippen LogP contribution in [0, 0.1) is 23.0 Å². The lowest BCUT2D eigenvalue weighted by molar-refractivity contribution is 0.414. The molecular formula is C14H9BrF2N2O. The van der Waals surface area contributed by atoms with Crippen LogP contribution in [0.4, 0.5) is 20.2 Å². The summed E-state index contributed by atoms with van der Waals surface area (Å²) in [4.78, 5) is 0. The molecule has 3 nitrogen and oxygen atoms in total. The summed E-state index contributed by atoms with van der Waals surface area (Å²) in [6.45, 7) is 0. The Balaban J connectivity index is 2.40. The summed E-state index contributed by atoms with van der Waals surface area (Å²) in [6.07, 6.45) is 0. The number of hydrogen-bond acceptors (Lipinski definition) is 3. The molecule has 0 atom stereocenters. The molecule has 0 saturated heterocycles. The molecule has 0 aliphatic rings. The van der Waals surface area contributed by atoms with Gasteiger partial charge in [-0.15, -0.1) is 0 Å². The molecule has 0 amide bonds. The number of anilines is 2. The van der Waals surface area contributed by atoms with Crippen molar-refractivity contribution in [3.8, 4) is 11.8 Å². The molecule has 0 aliphatic heterocycles. The van der Waals surface area contributed by atoms with E-state index in [1.807, 2.05) is 0 Å². The van der Waals surface area contributed by atoms with Gasteiger partial charge in [-0.3, -0.25) is 0 Å². The van der Waals surface area contributed by atoms with E-state index >= 15 is 0 Å². The third kappa shape index (κ3) is 3.06. The van der Waals surface area contributed by atoms with E-state index < -0.39 is 11.6 Å². The van der Waals surface area contributed by atoms with Gasteiger partial charge in [0.25, 0.3) is 0 Å². The fraction of sp³-hybridized carbons (Fsp3) is 0.0714. The van der Waals surface area contributed by atoms with Crippen molar-refractivity contribution in [1.82, 2.24) is 0 Å². The fourth-order valence-corrected chi connectivity index (χ4v) is 2.13. The first-order chi connectivity index (χ1) is 9.53. The summed E-state index contributed by atoms with van der Waals surface area (Å²) < 4.78 is 33.3. The van der Waals surface area contributed by atoms with E-state index in [9.17, 15) is 8.78 Å². The molecule has 0 aliphatic carbocycles. The van der Waals surface area contributed by atoms with Crippen LogP contribution in [0.3, 0.4) is 0 Å². The van der Waals surface area contributed by atoms with Gasteiger partial charge in [-0.1, -0.05) is 15.9 Å². The summed E-state index contributed by atoms with van der Waals surface area (Å²) in [5, 5.41) is 11.3. The first kappa shape index (κ1) is 14.3. The van der Waals surface area contributed by atoms with Crippen LogP contribution in [-0.2, 0) is 0 Å². The van der Waals surface area contributed by atoms with E-state index in [1.165, 1.54) is 7.11 Å². The number of halogens is 3. The Morgan fingerprint density at radius 2 is 1.80 bits per heavy atom. The molecule has 0 bridgehead atoms. The maximum atomic E-state index is 13.8. The molecule has 0 unspecified atom stereocenters. The number of rotatable bonds is 3. The van der Waals surface area contributed by atoms with Crippen LogP contribution >= 0.6 is 15.9 Å². The van der Waals surface area contributed by atoms with E-state index in [2.05, 4.69) is 21.2 Å². The second-order valence-corrected chi connectivity index (χ2v) is 4.85. The highest BCUT2D eigenvalue weighted by Gasteiger charge is 2.12. The summed E-state index contributed by atoms with van der Waals surface area (Å²) >= 11 is 3.28. The number of hydrogen-bond donors (Lipinski definition) is 1. The third-order valence-electron chi connectivity index (χ3n) is 2.55. The monoisotopic (exact) mass is 338 g/mol. The molecule has 2 rings (SSSR count). The average molecular weight is 339 g/mol. The van der Waals surface area contributed by atoms with Gasteiger partial charge in [-0.2, -0.15) is 5.26 Å². The van der Waals surface area contributed by atoms with Crippen molar-refractivity contribution >= 4 is 27.3 Å². The van der Waals surface area contributed by atoms with Crippen LogP contribution in [0.25, 0.3) is 0 Å². The molecular weight excluding hydrogens is 330 g/mol. The van der Waals surface area contributed by atoms with Crippen molar-refractivity contribution in [3.05, 3.63) is 52.0 Å². The summed E-state index contributed by atoms with van der Waals surface area (Å²) in [6, 6.07) is 8.61. The van der Waals surface area contributed by atoms with Crippen molar-refractivity contribution in [1.29, 1.82) is 5.26 Å². The molecule has 1 N–H and O–H groups in total. The molecule has 102 valence electrons. The molecule has 20 heavy (non-hydrogen) atoms. The fourth-order valence-electron chi connectivity index (χ4n) is 1.65. The summed E-state index contributed by atoms with van der Waals surface area (Å²) in [5.74, 6) is -1.13. The number of methoxy groups -OCH3 is 1. The quantitative estimate of drug-likeness (QED) is 0.904. The lowest BCUT2D eigenvalue weighted by atomic mass is 10.2.